The number of halogens is 1. The number of carbonyl (C=O) groups excluding carboxylic acids is 1. The average molecular weight is 390 g/mol. The zero-order valence-corrected chi connectivity index (χ0v) is 15.3. The van der Waals surface area contributed by atoms with E-state index >= 15 is 0 Å². The Balaban J connectivity index is 1.80. The van der Waals surface area contributed by atoms with E-state index in [9.17, 15) is 14.9 Å². The van der Waals surface area contributed by atoms with Crippen molar-refractivity contribution in [3.05, 3.63) is 68.7 Å². The van der Waals surface area contributed by atoms with E-state index < -0.39 is 17.1 Å². The maximum absolute atomic E-state index is 11.9. The second-order valence-electron chi connectivity index (χ2n) is 5.84. The van der Waals surface area contributed by atoms with Gasteiger partial charge in [0, 0.05) is 18.0 Å². The molecule has 0 spiro atoms. The minimum atomic E-state index is -1.02. The third-order valence-corrected chi connectivity index (χ3v) is 4.13. The van der Waals surface area contributed by atoms with E-state index in [0.29, 0.717) is 10.8 Å². The number of rotatable bonds is 5. The summed E-state index contributed by atoms with van der Waals surface area (Å²) in [6.45, 7) is 3.11. The summed E-state index contributed by atoms with van der Waals surface area (Å²) in [6.07, 6.45) is -1.02. The van der Waals surface area contributed by atoms with Gasteiger partial charge in [0.15, 0.2) is 6.61 Å². The maximum Gasteiger partial charge on any atom is 0.278 e. The first-order valence-corrected chi connectivity index (χ1v) is 8.41. The summed E-state index contributed by atoms with van der Waals surface area (Å²) in [7, 11) is 0. The number of ether oxygens (including phenoxy) is 2. The molecule has 1 unspecified atom stereocenters. The van der Waals surface area contributed by atoms with Crippen molar-refractivity contribution in [2.75, 3.05) is 6.61 Å². The third-order valence-electron chi connectivity index (χ3n) is 3.90. The highest BCUT2D eigenvalue weighted by molar-refractivity contribution is 6.30. The monoisotopic (exact) mass is 389 g/mol. The minimum Gasteiger partial charge on any atom is -0.484 e. The van der Waals surface area contributed by atoms with Gasteiger partial charge in [0.1, 0.15) is 5.75 Å². The van der Waals surface area contributed by atoms with Crippen molar-refractivity contribution in [3.8, 4) is 5.75 Å². The van der Waals surface area contributed by atoms with Crippen LogP contribution in [0, 0.1) is 17.0 Å². The Morgan fingerprint density at radius 1 is 1.37 bits per heavy atom. The summed E-state index contributed by atoms with van der Waals surface area (Å²) in [5.41, 5.74) is 0.915. The zero-order chi connectivity index (χ0) is 19.6. The van der Waals surface area contributed by atoms with Crippen LogP contribution in [0.4, 0.5) is 5.69 Å². The number of benzene rings is 2. The number of nitrogens with zero attached hydrogens (tertiary/aromatic N) is 3. The number of para-hydroxylation sites is 1. The highest BCUT2D eigenvalue weighted by Gasteiger charge is 2.36. The first-order chi connectivity index (χ1) is 12.9. The molecule has 1 atom stereocenters. The van der Waals surface area contributed by atoms with Crippen LogP contribution in [0.2, 0.25) is 5.02 Å². The van der Waals surface area contributed by atoms with Crippen molar-refractivity contribution in [3.63, 3.8) is 0 Å². The molecule has 27 heavy (non-hydrogen) atoms. The normalized spacial score (nSPS) is 15.9. The number of carbonyl (C=O) groups is 1. The topological polar surface area (TPSA) is 94.3 Å². The molecule has 0 radical (unpaired) electrons. The molecule has 0 saturated carbocycles. The Labute approximate surface area is 160 Å². The molecular weight excluding hydrogens is 374 g/mol. The highest BCUT2D eigenvalue weighted by Crippen LogP contribution is 2.34. The van der Waals surface area contributed by atoms with E-state index in [1.54, 1.807) is 30.3 Å². The quantitative estimate of drug-likeness (QED) is 0.572. The van der Waals surface area contributed by atoms with E-state index in [0.717, 1.165) is 10.6 Å². The Morgan fingerprint density at radius 2 is 2.11 bits per heavy atom. The molecule has 0 bridgehead atoms. The second kappa shape index (κ2) is 7.63. The van der Waals surface area contributed by atoms with Crippen molar-refractivity contribution in [2.24, 2.45) is 5.10 Å². The minimum absolute atomic E-state index is 0.0383. The summed E-state index contributed by atoms with van der Waals surface area (Å²) in [5.74, 6) is 0.327. The van der Waals surface area contributed by atoms with Crippen molar-refractivity contribution < 1.29 is 19.2 Å². The van der Waals surface area contributed by atoms with Crippen LogP contribution in [-0.2, 0) is 9.53 Å². The van der Waals surface area contributed by atoms with Gasteiger partial charge in [-0.25, -0.2) is 0 Å². The molecule has 0 N–H and O–H groups in total. The van der Waals surface area contributed by atoms with Crippen LogP contribution in [0.1, 0.15) is 24.3 Å². The van der Waals surface area contributed by atoms with Crippen LogP contribution >= 0.6 is 11.6 Å². The lowest BCUT2D eigenvalue weighted by Gasteiger charge is -2.19. The Morgan fingerprint density at radius 3 is 2.78 bits per heavy atom. The molecule has 1 aliphatic heterocycles. The molecule has 1 amide bonds. The molecule has 2 aromatic rings. The van der Waals surface area contributed by atoms with E-state index in [4.69, 9.17) is 21.1 Å². The number of amides is 1. The molecule has 0 fully saturated rings. The molecule has 1 heterocycles. The summed E-state index contributed by atoms with van der Waals surface area (Å²) < 4.78 is 11.4. The summed E-state index contributed by atoms with van der Waals surface area (Å²) in [6, 6.07) is 11.2. The number of nitro benzene ring substituents is 1. The third kappa shape index (κ3) is 4.01. The molecule has 1 aliphatic rings. The van der Waals surface area contributed by atoms with Crippen molar-refractivity contribution in [1.82, 2.24) is 5.01 Å². The van der Waals surface area contributed by atoms with Gasteiger partial charge in [-0.1, -0.05) is 23.7 Å². The van der Waals surface area contributed by atoms with Crippen molar-refractivity contribution in [1.29, 1.82) is 0 Å². The van der Waals surface area contributed by atoms with Gasteiger partial charge in [0.2, 0.25) is 18.0 Å². The fourth-order valence-corrected chi connectivity index (χ4v) is 2.87. The van der Waals surface area contributed by atoms with Gasteiger partial charge in [-0.05, 0) is 36.8 Å². The molecule has 0 saturated heterocycles. The highest BCUT2D eigenvalue weighted by atomic mass is 35.5. The fraction of sp³-hybridized carbons (Fsp3) is 0.222. The Bertz CT molecular complexity index is 931. The lowest BCUT2D eigenvalue weighted by Crippen LogP contribution is -2.26. The van der Waals surface area contributed by atoms with E-state index in [-0.39, 0.29) is 23.8 Å². The van der Waals surface area contributed by atoms with Crippen LogP contribution in [0.25, 0.3) is 0 Å². The molecule has 0 aromatic heterocycles. The van der Waals surface area contributed by atoms with Gasteiger partial charge in [-0.15, -0.1) is 5.10 Å². The van der Waals surface area contributed by atoms with Crippen molar-refractivity contribution in [2.45, 2.75) is 20.1 Å². The van der Waals surface area contributed by atoms with Crippen LogP contribution in [0.15, 0.2) is 47.6 Å². The lowest BCUT2D eigenvalue weighted by molar-refractivity contribution is -0.386. The number of nitro groups is 1. The van der Waals surface area contributed by atoms with Gasteiger partial charge in [0.05, 0.1) is 10.5 Å². The molecular formula is C18H16ClN3O5. The van der Waals surface area contributed by atoms with Gasteiger partial charge in [-0.3, -0.25) is 14.9 Å². The maximum atomic E-state index is 11.9. The zero-order valence-electron chi connectivity index (χ0n) is 14.6. The first-order valence-electron chi connectivity index (χ1n) is 8.03. The van der Waals surface area contributed by atoms with E-state index in [1.165, 1.54) is 19.1 Å². The smallest absolute Gasteiger partial charge is 0.278 e. The summed E-state index contributed by atoms with van der Waals surface area (Å²) in [5, 5.41) is 17.1. The van der Waals surface area contributed by atoms with E-state index in [2.05, 4.69) is 5.10 Å². The molecule has 140 valence electrons. The average Bonchev–Trinajstić information content (AvgIpc) is 3.05. The molecule has 8 nitrogen and oxygen atoms in total. The SMILES string of the molecule is CC(=O)N1N=C(COc2ccc(Cl)cc2C)OC1c1ccccc1[N+](=O)[O-]. The van der Waals surface area contributed by atoms with Crippen LogP contribution in [0.5, 0.6) is 5.75 Å². The lowest BCUT2D eigenvalue weighted by atomic mass is 10.1. The van der Waals surface area contributed by atoms with Crippen molar-refractivity contribution >= 4 is 29.1 Å². The molecule has 9 heteroatoms. The first kappa shape index (κ1) is 18.7. The number of aryl methyl sites for hydroxylation is 1. The van der Waals surface area contributed by atoms with E-state index in [1.807, 2.05) is 6.92 Å². The number of hydrogen-bond donors (Lipinski definition) is 0. The van der Waals surface area contributed by atoms with Crippen LogP contribution < -0.4 is 4.74 Å². The van der Waals surface area contributed by atoms with Gasteiger partial charge >= 0.3 is 0 Å². The largest absolute Gasteiger partial charge is 0.484 e. The Kier molecular flexibility index (Phi) is 5.27. The molecule has 3 rings (SSSR count). The van der Waals surface area contributed by atoms with Gasteiger partial charge in [-0.2, -0.15) is 5.01 Å². The van der Waals surface area contributed by atoms with Crippen LogP contribution in [-0.4, -0.2) is 28.3 Å². The summed E-state index contributed by atoms with van der Waals surface area (Å²) >= 11 is 5.92. The van der Waals surface area contributed by atoms with Gasteiger partial charge in [0.25, 0.3) is 5.69 Å². The number of hydrogen-bond acceptors (Lipinski definition) is 6. The fourth-order valence-electron chi connectivity index (χ4n) is 2.65. The second-order valence-corrected chi connectivity index (χ2v) is 6.28. The number of hydrazone groups is 1. The standard InChI is InChI=1S/C18H16ClN3O5/c1-11-9-13(19)7-8-16(11)26-10-17-20-21(12(2)23)18(27-17)14-5-3-4-6-15(14)22(24)25/h3-9,18H,10H2,1-2H3. The summed E-state index contributed by atoms with van der Waals surface area (Å²) in [4.78, 5) is 22.7. The molecule has 0 aliphatic carbocycles. The van der Waals surface area contributed by atoms with Gasteiger partial charge < -0.3 is 9.47 Å². The predicted octanol–water partition coefficient (Wildman–Crippen LogP) is 3.83. The van der Waals surface area contributed by atoms with Crippen LogP contribution in [0.3, 0.4) is 0 Å². The predicted molar refractivity (Wildman–Crippen MR) is 98.6 cm³/mol. The molecule has 2 aromatic carbocycles. The Hall–Kier alpha value is -3.13.